The van der Waals surface area contributed by atoms with Gasteiger partial charge in [0.25, 0.3) is 5.91 Å². The average Bonchev–Trinajstić information content (AvgIpc) is 3.20. The average molecular weight is 320 g/mol. The number of amides is 1. The number of fused-ring (bicyclic) bond motifs is 1. The predicted molar refractivity (Wildman–Crippen MR) is 92.7 cm³/mol. The molecule has 3 heterocycles. The van der Waals surface area contributed by atoms with Crippen molar-refractivity contribution in [2.24, 2.45) is 7.05 Å². The van der Waals surface area contributed by atoms with Gasteiger partial charge in [0, 0.05) is 42.6 Å². The molecule has 122 valence electrons. The van der Waals surface area contributed by atoms with Crippen LogP contribution in [-0.2, 0) is 7.05 Å². The van der Waals surface area contributed by atoms with Crippen molar-refractivity contribution in [2.75, 3.05) is 6.54 Å². The van der Waals surface area contributed by atoms with Crippen molar-refractivity contribution < 1.29 is 4.79 Å². The molecule has 0 aliphatic carbocycles. The molecular weight excluding hydrogens is 300 g/mol. The van der Waals surface area contributed by atoms with Crippen LogP contribution in [0.25, 0.3) is 10.9 Å². The van der Waals surface area contributed by atoms with Gasteiger partial charge in [0.2, 0.25) is 0 Å². The van der Waals surface area contributed by atoms with Gasteiger partial charge in [0.05, 0.1) is 23.5 Å². The van der Waals surface area contributed by atoms with Crippen LogP contribution in [0.2, 0.25) is 0 Å². The van der Waals surface area contributed by atoms with E-state index in [1.54, 1.807) is 18.6 Å². The van der Waals surface area contributed by atoms with E-state index in [2.05, 4.69) is 20.6 Å². The maximum absolute atomic E-state index is 13.3. The molecule has 1 aromatic carbocycles. The van der Waals surface area contributed by atoms with E-state index in [0.717, 1.165) is 47.2 Å². The summed E-state index contributed by atoms with van der Waals surface area (Å²) < 4.78 is 2.09. The SMILES string of the molecule is Cc1c(C(=O)N2CCCC2c2cnccn2)c2ccccc2n1C. The molecule has 3 aromatic rings. The van der Waals surface area contributed by atoms with E-state index in [1.807, 2.05) is 37.1 Å². The third kappa shape index (κ3) is 2.19. The first kappa shape index (κ1) is 14.9. The van der Waals surface area contributed by atoms with E-state index in [9.17, 15) is 4.79 Å². The van der Waals surface area contributed by atoms with E-state index in [0.29, 0.717) is 0 Å². The first-order valence-corrected chi connectivity index (χ1v) is 8.29. The predicted octanol–water partition coefficient (Wildman–Crippen LogP) is 3.25. The molecule has 0 radical (unpaired) electrons. The Morgan fingerprint density at radius 1 is 1.25 bits per heavy atom. The van der Waals surface area contributed by atoms with Gasteiger partial charge in [-0.25, -0.2) is 0 Å². The lowest BCUT2D eigenvalue weighted by Gasteiger charge is -2.24. The normalized spacial score (nSPS) is 17.6. The summed E-state index contributed by atoms with van der Waals surface area (Å²) in [6.45, 7) is 2.78. The molecular formula is C19H20N4O. The van der Waals surface area contributed by atoms with Gasteiger partial charge >= 0.3 is 0 Å². The summed E-state index contributed by atoms with van der Waals surface area (Å²) in [6, 6.07) is 8.10. The van der Waals surface area contributed by atoms with Crippen LogP contribution in [-0.4, -0.2) is 31.9 Å². The highest BCUT2D eigenvalue weighted by Crippen LogP contribution is 2.34. The number of hydrogen-bond acceptors (Lipinski definition) is 3. The lowest BCUT2D eigenvalue weighted by molar-refractivity contribution is 0.0733. The number of para-hydroxylation sites is 1. The fraction of sp³-hybridized carbons (Fsp3) is 0.316. The van der Waals surface area contributed by atoms with E-state index < -0.39 is 0 Å². The smallest absolute Gasteiger partial charge is 0.256 e. The highest BCUT2D eigenvalue weighted by atomic mass is 16.2. The molecule has 1 saturated heterocycles. The number of carbonyl (C=O) groups excluding carboxylic acids is 1. The number of benzene rings is 1. The molecule has 1 fully saturated rings. The van der Waals surface area contributed by atoms with Crippen LogP contribution in [0.1, 0.15) is 40.6 Å². The number of aryl methyl sites for hydroxylation is 1. The molecule has 1 amide bonds. The molecule has 1 aliphatic heterocycles. The molecule has 0 bridgehead atoms. The molecule has 0 spiro atoms. The molecule has 5 nitrogen and oxygen atoms in total. The van der Waals surface area contributed by atoms with Gasteiger partial charge < -0.3 is 9.47 Å². The number of likely N-dealkylation sites (tertiary alicyclic amines) is 1. The molecule has 1 aliphatic rings. The summed E-state index contributed by atoms with van der Waals surface area (Å²) in [5, 5.41) is 1.02. The van der Waals surface area contributed by atoms with Crippen molar-refractivity contribution in [1.82, 2.24) is 19.4 Å². The Labute approximate surface area is 140 Å². The summed E-state index contributed by atoms with van der Waals surface area (Å²) in [6.07, 6.45) is 7.07. The lowest BCUT2D eigenvalue weighted by atomic mass is 10.1. The van der Waals surface area contributed by atoms with Crippen molar-refractivity contribution in [2.45, 2.75) is 25.8 Å². The molecule has 2 aromatic heterocycles. The number of nitrogens with zero attached hydrogens (tertiary/aromatic N) is 4. The van der Waals surface area contributed by atoms with Crippen molar-refractivity contribution in [3.05, 3.63) is 59.8 Å². The zero-order valence-corrected chi connectivity index (χ0v) is 13.9. The van der Waals surface area contributed by atoms with Gasteiger partial charge in [-0.15, -0.1) is 0 Å². The van der Waals surface area contributed by atoms with Gasteiger partial charge in [0.15, 0.2) is 0 Å². The van der Waals surface area contributed by atoms with Crippen molar-refractivity contribution in [1.29, 1.82) is 0 Å². The largest absolute Gasteiger partial charge is 0.347 e. The molecule has 4 rings (SSSR count). The maximum Gasteiger partial charge on any atom is 0.256 e. The van der Waals surface area contributed by atoms with Crippen molar-refractivity contribution in [3.63, 3.8) is 0 Å². The number of carbonyl (C=O) groups is 1. The Hall–Kier alpha value is -2.69. The van der Waals surface area contributed by atoms with Crippen LogP contribution in [0.4, 0.5) is 0 Å². The zero-order chi connectivity index (χ0) is 16.7. The van der Waals surface area contributed by atoms with Gasteiger partial charge in [-0.05, 0) is 25.8 Å². The second kappa shape index (κ2) is 5.74. The minimum atomic E-state index is 0.0181. The van der Waals surface area contributed by atoms with Crippen LogP contribution in [0.15, 0.2) is 42.9 Å². The highest BCUT2D eigenvalue weighted by molar-refractivity contribution is 6.08. The number of rotatable bonds is 2. The van der Waals surface area contributed by atoms with Crippen molar-refractivity contribution >= 4 is 16.8 Å². The quantitative estimate of drug-likeness (QED) is 0.728. The van der Waals surface area contributed by atoms with Crippen LogP contribution < -0.4 is 0 Å². The van der Waals surface area contributed by atoms with E-state index in [1.165, 1.54) is 0 Å². The van der Waals surface area contributed by atoms with Crippen LogP contribution in [0.3, 0.4) is 0 Å². The van der Waals surface area contributed by atoms with Crippen LogP contribution >= 0.6 is 0 Å². The zero-order valence-electron chi connectivity index (χ0n) is 13.9. The maximum atomic E-state index is 13.3. The molecule has 1 atom stereocenters. The van der Waals surface area contributed by atoms with Crippen LogP contribution in [0.5, 0.6) is 0 Å². The number of aromatic nitrogens is 3. The Morgan fingerprint density at radius 2 is 2.08 bits per heavy atom. The Morgan fingerprint density at radius 3 is 2.88 bits per heavy atom. The third-order valence-electron chi connectivity index (χ3n) is 5.05. The lowest BCUT2D eigenvalue weighted by Crippen LogP contribution is -2.31. The summed E-state index contributed by atoms with van der Waals surface area (Å²) in [4.78, 5) is 23.9. The van der Waals surface area contributed by atoms with E-state index >= 15 is 0 Å². The molecule has 24 heavy (non-hydrogen) atoms. The Bertz CT molecular complexity index is 900. The highest BCUT2D eigenvalue weighted by Gasteiger charge is 2.33. The van der Waals surface area contributed by atoms with Crippen LogP contribution in [0, 0.1) is 6.92 Å². The van der Waals surface area contributed by atoms with E-state index in [-0.39, 0.29) is 11.9 Å². The van der Waals surface area contributed by atoms with Crippen molar-refractivity contribution in [3.8, 4) is 0 Å². The molecule has 5 heteroatoms. The first-order valence-electron chi connectivity index (χ1n) is 8.29. The fourth-order valence-corrected chi connectivity index (χ4v) is 3.73. The molecule has 0 N–H and O–H groups in total. The fourth-order valence-electron chi connectivity index (χ4n) is 3.73. The summed E-state index contributed by atoms with van der Waals surface area (Å²) >= 11 is 0. The summed E-state index contributed by atoms with van der Waals surface area (Å²) in [5.41, 5.74) is 3.78. The van der Waals surface area contributed by atoms with Gasteiger partial charge in [-0.3, -0.25) is 14.8 Å². The van der Waals surface area contributed by atoms with Gasteiger partial charge in [0.1, 0.15) is 0 Å². The first-order chi connectivity index (χ1) is 11.7. The molecule has 1 unspecified atom stereocenters. The second-order valence-electron chi connectivity index (χ2n) is 6.32. The Kier molecular flexibility index (Phi) is 3.56. The van der Waals surface area contributed by atoms with Gasteiger partial charge in [-0.2, -0.15) is 0 Å². The summed E-state index contributed by atoms with van der Waals surface area (Å²) in [7, 11) is 2.01. The monoisotopic (exact) mass is 320 g/mol. The second-order valence-corrected chi connectivity index (χ2v) is 6.32. The topological polar surface area (TPSA) is 51.0 Å². The van der Waals surface area contributed by atoms with E-state index in [4.69, 9.17) is 0 Å². The minimum Gasteiger partial charge on any atom is -0.347 e. The standard InChI is InChI=1S/C19H20N4O/c1-13-18(14-6-3-4-7-16(14)22(13)2)19(24)23-11-5-8-17(23)15-12-20-9-10-21-15/h3-4,6-7,9-10,12,17H,5,8,11H2,1-2H3. The number of hydrogen-bond donors (Lipinski definition) is 0. The molecule has 0 saturated carbocycles. The summed E-state index contributed by atoms with van der Waals surface area (Å²) in [5.74, 6) is 0.0949. The van der Waals surface area contributed by atoms with Gasteiger partial charge in [-0.1, -0.05) is 18.2 Å². The Balaban J connectivity index is 1.78. The third-order valence-corrected chi connectivity index (χ3v) is 5.05. The minimum absolute atomic E-state index is 0.0181.